The normalized spacial score (nSPS) is 11.1. The van der Waals surface area contributed by atoms with Gasteiger partial charge in [0.25, 0.3) is 0 Å². The van der Waals surface area contributed by atoms with E-state index in [1.165, 1.54) is 96.7 Å². The molecule has 0 aliphatic heterocycles. The summed E-state index contributed by atoms with van der Waals surface area (Å²) < 4.78 is 0. The van der Waals surface area contributed by atoms with E-state index in [0.29, 0.717) is 0 Å². The van der Waals surface area contributed by atoms with Crippen LogP contribution < -0.4 is 10.6 Å². The van der Waals surface area contributed by atoms with Crippen LogP contribution in [-0.2, 0) is 0 Å². The van der Waals surface area contributed by atoms with Crippen LogP contribution in [0, 0.1) is 0 Å². The summed E-state index contributed by atoms with van der Waals surface area (Å²) >= 11 is 0. The third-order valence-corrected chi connectivity index (χ3v) is 3.74. The van der Waals surface area contributed by atoms with Gasteiger partial charge in [-0.15, -0.1) is 0 Å². The van der Waals surface area contributed by atoms with Gasteiger partial charge in [-0.25, -0.2) is 0 Å². The molecule has 0 unspecified atom stereocenters. The molecule has 0 radical (unpaired) electrons. The molecule has 0 aliphatic carbocycles. The van der Waals surface area contributed by atoms with Crippen molar-refractivity contribution in [1.82, 2.24) is 10.6 Å². The number of nitrogens with one attached hydrogen (secondary N) is 2. The van der Waals surface area contributed by atoms with Gasteiger partial charge in [0, 0.05) is 0 Å². The molecule has 2 N–H and O–H groups in total. The minimum Gasteiger partial charge on any atom is -0.320 e. The van der Waals surface area contributed by atoms with Gasteiger partial charge < -0.3 is 10.6 Å². The summed E-state index contributed by atoms with van der Waals surface area (Å²) in [6.07, 6.45) is 16.8. The second kappa shape index (κ2) is 17.9. The lowest BCUT2D eigenvalue weighted by molar-refractivity contribution is 0.538. The molecule has 0 spiro atoms. The van der Waals surface area contributed by atoms with Crippen LogP contribution in [0.1, 0.15) is 84.0 Å². The van der Waals surface area contributed by atoms with Crippen LogP contribution in [0.4, 0.5) is 0 Å². The molecule has 2 nitrogen and oxygen atoms in total. The van der Waals surface area contributed by atoms with Crippen molar-refractivity contribution in [3.8, 4) is 0 Å². The Balaban J connectivity index is 2.88. The molecule has 0 fully saturated rings. The zero-order valence-corrected chi connectivity index (χ0v) is 13.6. The lowest BCUT2D eigenvalue weighted by atomic mass is 10.1. The van der Waals surface area contributed by atoms with Gasteiger partial charge in [0.2, 0.25) is 0 Å². The Hall–Kier alpha value is -0.0800. The summed E-state index contributed by atoms with van der Waals surface area (Å²) in [5.41, 5.74) is 0. The molecule has 0 saturated carbocycles. The molecule has 0 rings (SSSR count). The first kappa shape index (κ1) is 18.9. The average Bonchev–Trinajstić information content (AvgIpc) is 2.43. The molecule has 116 valence electrons. The van der Waals surface area contributed by atoms with Crippen LogP contribution in [0.3, 0.4) is 0 Å². The van der Waals surface area contributed by atoms with Crippen molar-refractivity contribution in [2.75, 3.05) is 26.7 Å². The summed E-state index contributed by atoms with van der Waals surface area (Å²) in [6.45, 7) is 5.90. The molecule has 0 atom stereocenters. The second-order valence-corrected chi connectivity index (χ2v) is 5.74. The van der Waals surface area contributed by atoms with Crippen molar-refractivity contribution in [2.45, 2.75) is 84.0 Å². The summed E-state index contributed by atoms with van der Waals surface area (Å²) in [4.78, 5) is 0. The molecular weight excluding hydrogens is 232 g/mol. The molecular formula is C17H38N2. The summed E-state index contributed by atoms with van der Waals surface area (Å²) in [5.74, 6) is 0. The summed E-state index contributed by atoms with van der Waals surface area (Å²) in [6, 6.07) is 0. The van der Waals surface area contributed by atoms with E-state index in [0.717, 1.165) is 0 Å². The Morgan fingerprint density at radius 1 is 0.526 bits per heavy atom. The van der Waals surface area contributed by atoms with Crippen molar-refractivity contribution in [1.29, 1.82) is 0 Å². The number of hydrogen-bond acceptors (Lipinski definition) is 2. The Morgan fingerprint density at radius 2 is 0.947 bits per heavy atom. The van der Waals surface area contributed by atoms with Crippen molar-refractivity contribution >= 4 is 0 Å². The molecule has 0 aromatic rings. The van der Waals surface area contributed by atoms with E-state index in [-0.39, 0.29) is 0 Å². The van der Waals surface area contributed by atoms with Gasteiger partial charge >= 0.3 is 0 Å². The number of rotatable bonds is 16. The van der Waals surface area contributed by atoms with E-state index in [1.54, 1.807) is 0 Å². The second-order valence-electron chi connectivity index (χ2n) is 5.74. The zero-order valence-electron chi connectivity index (χ0n) is 13.6. The third kappa shape index (κ3) is 17.9. The Kier molecular flexibility index (Phi) is 17.8. The molecule has 0 bridgehead atoms. The maximum atomic E-state index is 3.57. The topological polar surface area (TPSA) is 24.1 Å². The highest BCUT2D eigenvalue weighted by Gasteiger charge is 1.92. The number of hydrogen-bond donors (Lipinski definition) is 2. The first-order valence-corrected chi connectivity index (χ1v) is 8.77. The highest BCUT2D eigenvalue weighted by Crippen LogP contribution is 2.07. The fourth-order valence-corrected chi connectivity index (χ4v) is 2.41. The van der Waals surface area contributed by atoms with Crippen molar-refractivity contribution < 1.29 is 0 Å². The number of unbranched alkanes of at least 4 members (excludes halogenated alkanes) is 10. The summed E-state index contributed by atoms with van der Waals surface area (Å²) in [7, 11) is 2.03. The standard InChI is InChI=1S/C17H38N2/c1-3-4-5-6-7-8-9-13-16-19-17-14-11-10-12-15-18-2/h18-19H,3-17H2,1-2H3. The van der Waals surface area contributed by atoms with E-state index < -0.39 is 0 Å². The highest BCUT2D eigenvalue weighted by molar-refractivity contribution is 4.52. The fourth-order valence-electron chi connectivity index (χ4n) is 2.41. The van der Waals surface area contributed by atoms with Crippen molar-refractivity contribution in [3.05, 3.63) is 0 Å². The van der Waals surface area contributed by atoms with Crippen molar-refractivity contribution in [2.24, 2.45) is 0 Å². The molecule has 0 saturated heterocycles. The fraction of sp³-hybridized carbons (Fsp3) is 1.00. The minimum absolute atomic E-state index is 1.17. The predicted octanol–water partition coefficient (Wildman–Crippen LogP) is 4.50. The van der Waals surface area contributed by atoms with E-state index in [9.17, 15) is 0 Å². The van der Waals surface area contributed by atoms with E-state index in [4.69, 9.17) is 0 Å². The first-order chi connectivity index (χ1) is 9.41. The third-order valence-electron chi connectivity index (χ3n) is 3.74. The lowest BCUT2D eigenvalue weighted by Crippen LogP contribution is -2.16. The average molecular weight is 271 g/mol. The van der Waals surface area contributed by atoms with Gasteiger partial charge in [-0.1, -0.05) is 64.7 Å². The van der Waals surface area contributed by atoms with Gasteiger partial charge in [-0.3, -0.25) is 0 Å². The van der Waals surface area contributed by atoms with E-state index in [2.05, 4.69) is 17.6 Å². The molecule has 0 aromatic carbocycles. The smallest absolute Gasteiger partial charge is 0.00489 e. The van der Waals surface area contributed by atoms with Gasteiger partial charge in [-0.05, 0) is 45.9 Å². The molecule has 0 aliphatic rings. The van der Waals surface area contributed by atoms with Crippen LogP contribution in [0.15, 0.2) is 0 Å². The maximum Gasteiger partial charge on any atom is -0.00489 e. The van der Waals surface area contributed by atoms with Crippen LogP contribution in [0.25, 0.3) is 0 Å². The molecule has 0 amide bonds. The highest BCUT2D eigenvalue weighted by atomic mass is 14.8. The molecule has 0 aromatic heterocycles. The quantitative estimate of drug-likeness (QED) is 0.404. The van der Waals surface area contributed by atoms with Gasteiger partial charge in [-0.2, -0.15) is 0 Å². The lowest BCUT2D eigenvalue weighted by Gasteiger charge is -2.05. The Morgan fingerprint density at radius 3 is 1.42 bits per heavy atom. The summed E-state index contributed by atoms with van der Waals surface area (Å²) in [5, 5.41) is 6.77. The maximum absolute atomic E-state index is 3.57. The van der Waals surface area contributed by atoms with Gasteiger partial charge in [0.15, 0.2) is 0 Å². The van der Waals surface area contributed by atoms with Crippen LogP contribution in [0.2, 0.25) is 0 Å². The zero-order chi connectivity index (χ0) is 14.0. The molecule has 19 heavy (non-hydrogen) atoms. The van der Waals surface area contributed by atoms with Crippen LogP contribution >= 0.6 is 0 Å². The predicted molar refractivity (Wildman–Crippen MR) is 87.9 cm³/mol. The van der Waals surface area contributed by atoms with Crippen LogP contribution in [-0.4, -0.2) is 26.7 Å². The SMILES string of the molecule is CCCCCCCCCCNCCCCCCNC. The molecule has 0 heterocycles. The first-order valence-electron chi connectivity index (χ1n) is 8.77. The van der Waals surface area contributed by atoms with E-state index in [1.807, 2.05) is 7.05 Å². The molecule has 2 heteroatoms. The Labute approximate surface area is 122 Å². The van der Waals surface area contributed by atoms with Crippen LogP contribution in [0.5, 0.6) is 0 Å². The van der Waals surface area contributed by atoms with Gasteiger partial charge in [0.05, 0.1) is 0 Å². The van der Waals surface area contributed by atoms with E-state index >= 15 is 0 Å². The largest absolute Gasteiger partial charge is 0.320 e. The van der Waals surface area contributed by atoms with Gasteiger partial charge in [0.1, 0.15) is 0 Å². The minimum atomic E-state index is 1.17. The van der Waals surface area contributed by atoms with Crippen molar-refractivity contribution in [3.63, 3.8) is 0 Å². The Bertz CT molecular complexity index is 132. The monoisotopic (exact) mass is 270 g/mol.